The van der Waals surface area contributed by atoms with E-state index in [1.165, 1.54) is 12.1 Å². The normalized spacial score (nSPS) is 11.9. The molecule has 3 aromatic rings. The molecule has 182 valence electrons. The number of nitrogens with zero attached hydrogens (tertiary/aromatic N) is 2. The van der Waals surface area contributed by atoms with Crippen molar-refractivity contribution in [3.8, 4) is 16.9 Å². The van der Waals surface area contributed by atoms with E-state index in [2.05, 4.69) is 4.98 Å². The molecule has 2 aromatic carbocycles. The SMILES string of the molecule is CCCCOc1ccc(S(=O)(=O)NC(=O)O)c(-c2ccc(Cn3ccnc3C(C)(C)O)cc2)c1. The molecule has 0 saturated heterocycles. The molecule has 0 saturated carbocycles. The Bertz CT molecular complexity index is 1240. The van der Waals surface area contributed by atoms with Crippen LogP contribution >= 0.6 is 0 Å². The summed E-state index contributed by atoms with van der Waals surface area (Å²) >= 11 is 0. The van der Waals surface area contributed by atoms with Gasteiger partial charge in [-0.15, -0.1) is 0 Å². The van der Waals surface area contributed by atoms with Crippen LogP contribution in [-0.4, -0.2) is 40.9 Å². The molecule has 0 bridgehead atoms. The lowest BCUT2D eigenvalue weighted by molar-refractivity contribution is 0.0652. The van der Waals surface area contributed by atoms with Crippen LogP contribution in [0.3, 0.4) is 0 Å². The van der Waals surface area contributed by atoms with Gasteiger partial charge in [0.1, 0.15) is 17.2 Å². The maximum atomic E-state index is 12.7. The number of imidazole rings is 1. The molecular formula is C24H29N3O6S. The van der Waals surface area contributed by atoms with E-state index in [0.717, 1.165) is 18.4 Å². The van der Waals surface area contributed by atoms with E-state index in [9.17, 15) is 18.3 Å². The van der Waals surface area contributed by atoms with Crippen LogP contribution in [0, 0.1) is 0 Å². The molecular weight excluding hydrogens is 458 g/mol. The van der Waals surface area contributed by atoms with Crippen molar-refractivity contribution < 1.29 is 28.2 Å². The van der Waals surface area contributed by atoms with Crippen molar-refractivity contribution in [1.82, 2.24) is 14.3 Å². The molecule has 3 rings (SSSR count). The molecule has 0 aliphatic rings. The summed E-state index contributed by atoms with van der Waals surface area (Å²) in [5, 5.41) is 19.3. The van der Waals surface area contributed by atoms with E-state index in [1.807, 2.05) is 23.6 Å². The molecule has 0 spiro atoms. The van der Waals surface area contributed by atoms with Crippen LogP contribution in [0.25, 0.3) is 11.1 Å². The maximum Gasteiger partial charge on any atom is 0.418 e. The highest BCUT2D eigenvalue weighted by molar-refractivity contribution is 7.90. The van der Waals surface area contributed by atoms with E-state index in [1.54, 1.807) is 49.2 Å². The molecule has 1 aromatic heterocycles. The van der Waals surface area contributed by atoms with Crippen LogP contribution < -0.4 is 9.46 Å². The number of aromatic nitrogens is 2. The van der Waals surface area contributed by atoms with Crippen molar-refractivity contribution in [2.75, 3.05) is 6.61 Å². The fourth-order valence-electron chi connectivity index (χ4n) is 3.52. The summed E-state index contributed by atoms with van der Waals surface area (Å²) in [6, 6.07) is 11.7. The topological polar surface area (TPSA) is 131 Å². The number of hydrogen-bond donors (Lipinski definition) is 3. The van der Waals surface area contributed by atoms with E-state index < -0.39 is 21.7 Å². The van der Waals surface area contributed by atoms with Gasteiger partial charge in [-0.05, 0) is 49.6 Å². The van der Waals surface area contributed by atoms with E-state index in [0.29, 0.717) is 35.9 Å². The minimum absolute atomic E-state index is 0.163. The average molecular weight is 488 g/mol. The fourth-order valence-corrected chi connectivity index (χ4v) is 4.57. The molecule has 34 heavy (non-hydrogen) atoms. The average Bonchev–Trinajstić information content (AvgIpc) is 3.22. The molecule has 9 nitrogen and oxygen atoms in total. The highest BCUT2D eigenvalue weighted by Crippen LogP contribution is 2.32. The van der Waals surface area contributed by atoms with Gasteiger partial charge in [-0.1, -0.05) is 37.6 Å². The minimum Gasteiger partial charge on any atom is -0.494 e. The molecule has 0 atom stereocenters. The minimum atomic E-state index is -4.30. The number of carbonyl (C=O) groups is 1. The van der Waals surface area contributed by atoms with Gasteiger partial charge in [0, 0.05) is 24.5 Å². The zero-order chi connectivity index (χ0) is 24.9. The summed E-state index contributed by atoms with van der Waals surface area (Å²) in [7, 11) is -4.30. The summed E-state index contributed by atoms with van der Waals surface area (Å²) in [6.07, 6.45) is 3.55. The number of aliphatic hydroxyl groups is 1. The lowest BCUT2D eigenvalue weighted by atomic mass is 10.0. The first kappa shape index (κ1) is 25.3. The zero-order valence-corrected chi connectivity index (χ0v) is 20.2. The molecule has 0 aliphatic heterocycles. The Morgan fingerprint density at radius 3 is 2.50 bits per heavy atom. The van der Waals surface area contributed by atoms with E-state index in [4.69, 9.17) is 9.84 Å². The summed E-state index contributed by atoms with van der Waals surface area (Å²) < 4.78 is 34.5. The van der Waals surface area contributed by atoms with Gasteiger partial charge < -0.3 is 19.5 Å². The standard InChI is InChI=1S/C24H29N3O6S/c1-4-5-14-33-19-10-11-21(34(31,32)26-23(28)29)20(15-19)18-8-6-17(7-9-18)16-27-13-12-25-22(27)24(2,3)30/h6-13,15,26,30H,4-5,14,16H2,1-3H3,(H,28,29). The second kappa shape index (κ2) is 10.3. The van der Waals surface area contributed by atoms with Crippen molar-refractivity contribution in [3.05, 3.63) is 66.2 Å². The molecule has 3 N–H and O–H groups in total. The number of rotatable bonds is 10. The van der Waals surface area contributed by atoms with Gasteiger partial charge in [0.25, 0.3) is 10.0 Å². The third-order valence-electron chi connectivity index (χ3n) is 5.11. The number of amides is 1. The lowest BCUT2D eigenvalue weighted by Crippen LogP contribution is -2.29. The Labute approximate surface area is 199 Å². The van der Waals surface area contributed by atoms with Gasteiger partial charge in [-0.3, -0.25) is 0 Å². The van der Waals surface area contributed by atoms with Crippen LogP contribution in [0.5, 0.6) is 5.75 Å². The van der Waals surface area contributed by atoms with Gasteiger partial charge in [0.15, 0.2) is 0 Å². The Morgan fingerprint density at radius 1 is 1.18 bits per heavy atom. The molecule has 0 radical (unpaired) electrons. The van der Waals surface area contributed by atoms with Crippen LogP contribution in [0.15, 0.2) is 59.8 Å². The summed E-state index contributed by atoms with van der Waals surface area (Å²) in [4.78, 5) is 15.1. The Kier molecular flexibility index (Phi) is 7.63. The van der Waals surface area contributed by atoms with Gasteiger partial charge in [0.05, 0.1) is 11.5 Å². The summed E-state index contributed by atoms with van der Waals surface area (Å²) in [6.45, 7) is 6.32. The van der Waals surface area contributed by atoms with Crippen LogP contribution in [0.1, 0.15) is 45.0 Å². The highest BCUT2D eigenvalue weighted by Gasteiger charge is 2.23. The van der Waals surface area contributed by atoms with Crippen molar-refractivity contribution in [2.45, 2.75) is 50.7 Å². The number of nitrogens with one attached hydrogen (secondary N) is 1. The van der Waals surface area contributed by atoms with Crippen LogP contribution in [-0.2, 0) is 22.2 Å². The number of carboxylic acid groups (broad SMARTS) is 1. The lowest BCUT2D eigenvalue weighted by Gasteiger charge is -2.19. The number of unbranched alkanes of at least 4 members (excludes halogenated alkanes) is 1. The zero-order valence-electron chi connectivity index (χ0n) is 19.4. The van der Waals surface area contributed by atoms with Crippen molar-refractivity contribution in [2.24, 2.45) is 0 Å². The molecule has 0 unspecified atom stereocenters. The largest absolute Gasteiger partial charge is 0.494 e. The van der Waals surface area contributed by atoms with E-state index in [-0.39, 0.29) is 4.90 Å². The van der Waals surface area contributed by atoms with Crippen molar-refractivity contribution in [3.63, 3.8) is 0 Å². The van der Waals surface area contributed by atoms with Gasteiger partial charge in [0.2, 0.25) is 0 Å². The van der Waals surface area contributed by atoms with Gasteiger partial charge in [-0.25, -0.2) is 22.9 Å². The Hall–Kier alpha value is -3.37. The molecule has 1 amide bonds. The first-order chi connectivity index (χ1) is 16.0. The molecule has 1 heterocycles. The maximum absolute atomic E-state index is 12.7. The predicted octanol–water partition coefficient (Wildman–Crippen LogP) is 3.96. The predicted molar refractivity (Wildman–Crippen MR) is 127 cm³/mol. The molecule has 0 aliphatic carbocycles. The Morgan fingerprint density at radius 2 is 1.88 bits per heavy atom. The number of sulfonamides is 1. The highest BCUT2D eigenvalue weighted by atomic mass is 32.2. The third-order valence-corrected chi connectivity index (χ3v) is 6.49. The second-order valence-electron chi connectivity index (χ2n) is 8.41. The first-order valence-corrected chi connectivity index (χ1v) is 12.4. The second-order valence-corrected chi connectivity index (χ2v) is 10.1. The first-order valence-electron chi connectivity index (χ1n) is 10.9. The third kappa shape index (κ3) is 6.15. The Balaban J connectivity index is 1.96. The quantitative estimate of drug-likeness (QED) is 0.369. The molecule has 0 fully saturated rings. The molecule has 10 heteroatoms. The van der Waals surface area contributed by atoms with Crippen molar-refractivity contribution >= 4 is 16.1 Å². The van der Waals surface area contributed by atoms with Crippen LogP contribution in [0.4, 0.5) is 4.79 Å². The van der Waals surface area contributed by atoms with Crippen LogP contribution in [0.2, 0.25) is 0 Å². The fraction of sp³-hybridized carbons (Fsp3) is 0.333. The van der Waals surface area contributed by atoms with E-state index >= 15 is 0 Å². The van der Waals surface area contributed by atoms with Gasteiger partial charge in [-0.2, -0.15) is 0 Å². The number of ether oxygens (including phenoxy) is 1. The smallest absolute Gasteiger partial charge is 0.418 e. The number of hydrogen-bond acceptors (Lipinski definition) is 6. The van der Waals surface area contributed by atoms with Gasteiger partial charge >= 0.3 is 6.09 Å². The summed E-state index contributed by atoms with van der Waals surface area (Å²) in [5.41, 5.74) is 0.732. The summed E-state index contributed by atoms with van der Waals surface area (Å²) in [5.74, 6) is 1.02. The van der Waals surface area contributed by atoms with Crippen molar-refractivity contribution in [1.29, 1.82) is 0 Å². The number of benzene rings is 2. The monoisotopic (exact) mass is 487 g/mol.